The van der Waals surface area contributed by atoms with Crippen LogP contribution in [0.3, 0.4) is 0 Å². The second-order valence-corrected chi connectivity index (χ2v) is 3.81. The van der Waals surface area contributed by atoms with Crippen LogP contribution >= 0.6 is 23.2 Å². The van der Waals surface area contributed by atoms with Crippen molar-refractivity contribution in [1.29, 1.82) is 0 Å². The fourth-order valence-corrected chi connectivity index (χ4v) is 1.83. The highest BCUT2D eigenvalue weighted by molar-refractivity contribution is 6.37. The third-order valence-electron chi connectivity index (χ3n) is 2.00. The minimum atomic E-state index is -0.362. The number of ether oxygens (including phenoxy) is 2. The summed E-state index contributed by atoms with van der Waals surface area (Å²) in [4.78, 5) is 11.3. The maximum Gasteiger partial charge on any atom is 0.310 e. The molecule has 0 saturated carbocycles. The molecule has 0 radical (unpaired) electrons. The standard InChI is InChI=1S/C11H12Cl2O3/c1-3-16-10(14)6-7-8(12)4-5-9(15-2)11(7)13/h4-5H,3,6H2,1-2H3. The number of halogens is 2. The van der Waals surface area contributed by atoms with Crippen molar-refractivity contribution in [3.8, 4) is 5.75 Å². The first kappa shape index (κ1) is 13.1. The minimum Gasteiger partial charge on any atom is -0.495 e. The summed E-state index contributed by atoms with van der Waals surface area (Å²) < 4.78 is 9.87. The van der Waals surface area contributed by atoms with Crippen LogP contribution in [-0.4, -0.2) is 19.7 Å². The molecule has 0 aliphatic rings. The van der Waals surface area contributed by atoms with E-state index in [1.807, 2.05) is 0 Å². The Labute approximate surface area is 104 Å². The number of hydrogen-bond acceptors (Lipinski definition) is 3. The molecular formula is C11H12Cl2O3. The van der Waals surface area contributed by atoms with Crippen molar-refractivity contribution >= 4 is 29.2 Å². The van der Waals surface area contributed by atoms with E-state index in [0.717, 1.165) is 0 Å². The monoisotopic (exact) mass is 262 g/mol. The zero-order valence-corrected chi connectivity index (χ0v) is 10.6. The molecule has 16 heavy (non-hydrogen) atoms. The largest absolute Gasteiger partial charge is 0.495 e. The molecule has 1 aromatic rings. The second-order valence-electron chi connectivity index (χ2n) is 3.02. The molecule has 1 aromatic carbocycles. The van der Waals surface area contributed by atoms with Crippen LogP contribution in [0.1, 0.15) is 12.5 Å². The van der Waals surface area contributed by atoms with Crippen molar-refractivity contribution in [2.24, 2.45) is 0 Å². The van der Waals surface area contributed by atoms with E-state index in [1.54, 1.807) is 19.1 Å². The van der Waals surface area contributed by atoms with E-state index in [1.165, 1.54) is 7.11 Å². The van der Waals surface area contributed by atoms with Gasteiger partial charge in [0.15, 0.2) is 0 Å². The fourth-order valence-electron chi connectivity index (χ4n) is 1.25. The Morgan fingerprint density at radius 3 is 2.62 bits per heavy atom. The van der Waals surface area contributed by atoms with Crippen molar-refractivity contribution in [2.45, 2.75) is 13.3 Å². The molecule has 0 amide bonds. The van der Waals surface area contributed by atoms with Gasteiger partial charge in [-0.05, 0) is 19.1 Å². The highest BCUT2D eigenvalue weighted by Crippen LogP contribution is 2.33. The number of esters is 1. The number of methoxy groups -OCH3 is 1. The molecule has 1 rings (SSSR count). The Balaban J connectivity index is 2.98. The van der Waals surface area contributed by atoms with E-state index in [0.29, 0.717) is 28.0 Å². The van der Waals surface area contributed by atoms with Gasteiger partial charge in [-0.25, -0.2) is 0 Å². The summed E-state index contributed by atoms with van der Waals surface area (Å²) in [5.41, 5.74) is 0.529. The van der Waals surface area contributed by atoms with Gasteiger partial charge in [-0.3, -0.25) is 4.79 Å². The summed E-state index contributed by atoms with van der Waals surface area (Å²) in [5, 5.41) is 0.780. The van der Waals surface area contributed by atoms with Gasteiger partial charge in [0.25, 0.3) is 0 Å². The topological polar surface area (TPSA) is 35.5 Å². The van der Waals surface area contributed by atoms with Crippen LogP contribution in [0.5, 0.6) is 5.75 Å². The van der Waals surface area contributed by atoms with Gasteiger partial charge in [0, 0.05) is 10.6 Å². The summed E-state index contributed by atoms with van der Waals surface area (Å²) in [6, 6.07) is 3.29. The first-order chi connectivity index (χ1) is 7.60. The lowest BCUT2D eigenvalue weighted by atomic mass is 10.1. The fraction of sp³-hybridized carbons (Fsp3) is 0.364. The summed E-state index contributed by atoms with van der Waals surface area (Å²) in [6.45, 7) is 2.07. The number of carbonyl (C=O) groups excluding carboxylic acids is 1. The molecule has 88 valence electrons. The van der Waals surface area contributed by atoms with E-state index in [-0.39, 0.29) is 12.4 Å². The summed E-state index contributed by atoms with van der Waals surface area (Å²) >= 11 is 12.0. The lowest BCUT2D eigenvalue weighted by Crippen LogP contribution is -2.08. The van der Waals surface area contributed by atoms with Gasteiger partial charge in [-0.15, -0.1) is 0 Å². The lowest BCUT2D eigenvalue weighted by Gasteiger charge is -2.10. The van der Waals surface area contributed by atoms with Crippen LogP contribution in [0.2, 0.25) is 10.0 Å². The SMILES string of the molecule is CCOC(=O)Cc1c(Cl)ccc(OC)c1Cl. The molecule has 0 N–H and O–H groups in total. The van der Waals surface area contributed by atoms with Crippen molar-refractivity contribution < 1.29 is 14.3 Å². The highest BCUT2D eigenvalue weighted by Gasteiger charge is 2.15. The molecular weight excluding hydrogens is 251 g/mol. The van der Waals surface area contributed by atoms with E-state index in [2.05, 4.69) is 0 Å². The van der Waals surface area contributed by atoms with Crippen molar-refractivity contribution in [2.75, 3.05) is 13.7 Å². The van der Waals surface area contributed by atoms with Gasteiger partial charge in [0.2, 0.25) is 0 Å². The van der Waals surface area contributed by atoms with Crippen LogP contribution in [0.15, 0.2) is 12.1 Å². The van der Waals surface area contributed by atoms with Crippen LogP contribution in [0.25, 0.3) is 0 Å². The number of benzene rings is 1. The molecule has 0 unspecified atom stereocenters. The van der Waals surface area contributed by atoms with E-state index >= 15 is 0 Å². The molecule has 0 bridgehead atoms. The second kappa shape index (κ2) is 5.97. The first-order valence-corrected chi connectivity index (χ1v) is 5.52. The summed E-state index contributed by atoms with van der Waals surface area (Å²) in [7, 11) is 1.50. The van der Waals surface area contributed by atoms with E-state index in [4.69, 9.17) is 32.7 Å². The van der Waals surface area contributed by atoms with E-state index < -0.39 is 0 Å². The van der Waals surface area contributed by atoms with Crippen LogP contribution < -0.4 is 4.74 Å². The predicted octanol–water partition coefficient (Wildman–Crippen LogP) is 3.11. The van der Waals surface area contributed by atoms with Crippen molar-refractivity contribution in [3.63, 3.8) is 0 Å². The Morgan fingerprint density at radius 2 is 2.06 bits per heavy atom. The number of rotatable bonds is 4. The third-order valence-corrected chi connectivity index (χ3v) is 2.77. The summed E-state index contributed by atoms with van der Waals surface area (Å²) in [6.07, 6.45) is 0.0444. The quantitative estimate of drug-likeness (QED) is 0.783. The van der Waals surface area contributed by atoms with Crippen LogP contribution in [-0.2, 0) is 16.0 Å². The van der Waals surface area contributed by atoms with Gasteiger partial charge < -0.3 is 9.47 Å². The Hall–Kier alpha value is -0.930. The molecule has 0 spiro atoms. The van der Waals surface area contributed by atoms with Gasteiger partial charge in [0.1, 0.15) is 5.75 Å². The van der Waals surface area contributed by atoms with Crippen LogP contribution in [0.4, 0.5) is 0 Å². The van der Waals surface area contributed by atoms with Gasteiger partial charge in [-0.2, -0.15) is 0 Å². The molecule has 0 atom stereocenters. The average molecular weight is 263 g/mol. The normalized spacial score (nSPS) is 10.0. The molecule has 0 aliphatic heterocycles. The van der Waals surface area contributed by atoms with Gasteiger partial charge >= 0.3 is 5.97 Å². The number of carbonyl (C=O) groups is 1. The van der Waals surface area contributed by atoms with E-state index in [9.17, 15) is 4.79 Å². The predicted molar refractivity (Wildman–Crippen MR) is 63.4 cm³/mol. The highest BCUT2D eigenvalue weighted by atomic mass is 35.5. The molecule has 0 saturated heterocycles. The van der Waals surface area contributed by atoms with Gasteiger partial charge in [-0.1, -0.05) is 23.2 Å². The molecule has 0 aliphatic carbocycles. The van der Waals surface area contributed by atoms with Crippen LogP contribution in [0, 0.1) is 0 Å². The Bertz CT molecular complexity index is 391. The van der Waals surface area contributed by atoms with Crippen molar-refractivity contribution in [1.82, 2.24) is 0 Å². The zero-order chi connectivity index (χ0) is 12.1. The smallest absolute Gasteiger partial charge is 0.310 e. The molecule has 5 heteroatoms. The average Bonchev–Trinajstić information content (AvgIpc) is 2.25. The van der Waals surface area contributed by atoms with Gasteiger partial charge in [0.05, 0.1) is 25.2 Å². The Morgan fingerprint density at radius 1 is 1.38 bits per heavy atom. The first-order valence-electron chi connectivity index (χ1n) is 4.76. The maximum absolute atomic E-state index is 11.3. The zero-order valence-electron chi connectivity index (χ0n) is 9.05. The lowest BCUT2D eigenvalue weighted by molar-refractivity contribution is -0.142. The number of hydrogen-bond donors (Lipinski definition) is 0. The molecule has 0 fully saturated rings. The molecule has 0 aromatic heterocycles. The molecule has 3 nitrogen and oxygen atoms in total. The van der Waals surface area contributed by atoms with Crippen molar-refractivity contribution in [3.05, 3.63) is 27.7 Å². The third kappa shape index (κ3) is 3.03. The maximum atomic E-state index is 11.3. The minimum absolute atomic E-state index is 0.0444. The molecule has 0 heterocycles. The summed E-state index contributed by atoms with van der Waals surface area (Å²) in [5.74, 6) is 0.130. The Kier molecular flexibility index (Phi) is 4.90.